The first-order chi connectivity index (χ1) is 15.7. The minimum atomic E-state index is -0.494. The molecule has 9 heteroatoms. The van der Waals surface area contributed by atoms with E-state index in [0.29, 0.717) is 12.3 Å². The minimum absolute atomic E-state index is 0.141. The first kappa shape index (κ1) is 21.8. The van der Waals surface area contributed by atoms with Crippen molar-refractivity contribution in [3.8, 4) is 11.4 Å². The normalized spacial score (nSPS) is 11.0. The summed E-state index contributed by atoms with van der Waals surface area (Å²) in [4.78, 5) is 11.2. The van der Waals surface area contributed by atoms with Gasteiger partial charge in [-0.25, -0.2) is 0 Å². The van der Waals surface area contributed by atoms with Crippen molar-refractivity contribution in [3.63, 3.8) is 0 Å². The number of ether oxygens (including phenoxy) is 1. The second-order valence-electron chi connectivity index (χ2n) is 7.11. The topological polar surface area (TPSA) is 108 Å². The van der Waals surface area contributed by atoms with Crippen molar-refractivity contribution in [1.82, 2.24) is 25.5 Å². The molecule has 1 heterocycles. The van der Waals surface area contributed by atoms with E-state index in [0.717, 1.165) is 45.9 Å². The van der Waals surface area contributed by atoms with Gasteiger partial charge >= 0.3 is 0 Å². The number of nitrogens with two attached hydrogens (primary N) is 1. The van der Waals surface area contributed by atoms with Crippen LogP contribution < -0.4 is 15.8 Å². The Balaban J connectivity index is 1.32. The SMILES string of the molecule is NC(=O)COc1ccc2ccccc2c1CNCCCSc1nnnn1-c1ccccc1. The predicted molar refractivity (Wildman–Crippen MR) is 125 cm³/mol. The molecule has 0 atom stereocenters. The molecule has 0 spiro atoms. The van der Waals surface area contributed by atoms with Gasteiger partial charge < -0.3 is 15.8 Å². The summed E-state index contributed by atoms with van der Waals surface area (Å²) >= 11 is 1.62. The maximum atomic E-state index is 11.2. The third-order valence-electron chi connectivity index (χ3n) is 4.84. The number of nitrogens with zero attached hydrogens (tertiary/aromatic N) is 4. The zero-order valence-electron chi connectivity index (χ0n) is 17.5. The lowest BCUT2D eigenvalue weighted by Gasteiger charge is -2.14. The Hall–Kier alpha value is -3.43. The van der Waals surface area contributed by atoms with E-state index in [4.69, 9.17) is 10.5 Å². The number of fused-ring (bicyclic) bond motifs is 1. The van der Waals surface area contributed by atoms with E-state index in [2.05, 4.69) is 33.0 Å². The lowest BCUT2D eigenvalue weighted by Crippen LogP contribution is -2.21. The fourth-order valence-electron chi connectivity index (χ4n) is 3.36. The number of thioether (sulfide) groups is 1. The van der Waals surface area contributed by atoms with Gasteiger partial charge in [-0.3, -0.25) is 4.79 Å². The van der Waals surface area contributed by atoms with Crippen molar-refractivity contribution in [3.05, 3.63) is 72.3 Å². The van der Waals surface area contributed by atoms with E-state index in [1.54, 1.807) is 16.4 Å². The zero-order chi connectivity index (χ0) is 22.2. The van der Waals surface area contributed by atoms with Crippen LogP contribution in [0, 0.1) is 0 Å². The maximum absolute atomic E-state index is 11.2. The van der Waals surface area contributed by atoms with Gasteiger partial charge in [0.2, 0.25) is 5.16 Å². The summed E-state index contributed by atoms with van der Waals surface area (Å²) in [5.74, 6) is 1.05. The number of hydrogen-bond donors (Lipinski definition) is 2. The van der Waals surface area contributed by atoms with Crippen LogP contribution >= 0.6 is 11.8 Å². The van der Waals surface area contributed by atoms with Gasteiger partial charge in [-0.2, -0.15) is 4.68 Å². The molecular formula is C23H24N6O2S. The fraction of sp³-hybridized carbons (Fsp3) is 0.217. The van der Waals surface area contributed by atoms with Crippen molar-refractivity contribution >= 4 is 28.4 Å². The quantitative estimate of drug-likeness (QED) is 0.268. The fourth-order valence-corrected chi connectivity index (χ4v) is 4.19. The summed E-state index contributed by atoms with van der Waals surface area (Å²) in [6.45, 7) is 1.30. The van der Waals surface area contributed by atoms with Crippen LogP contribution in [-0.4, -0.2) is 45.0 Å². The van der Waals surface area contributed by atoms with E-state index in [1.807, 2.05) is 54.6 Å². The molecule has 3 N–H and O–H groups in total. The van der Waals surface area contributed by atoms with Crippen molar-refractivity contribution < 1.29 is 9.53 Å². The third kappa shape index (κ3) is 5.43. The standard InChI is InChI=1S/C23H24N6O2S/c24-22(30)16-31-21-12-11-17-7-4-5-10-19(17)20(21)15-25-13-6-14-32-23-26-27-28-29(23)18-8-2-1-3-9-18/h1-5,7-12,25H,6,13-16H2,(H2,24,30). The summed E-state index contributed by atoms with van der Waals surface area (Å²) in [5.41, 5.74) is 7.21. The predicted octanol–water partition coefficient (Wildman–Crippen LogP) is 2.95. The molecule has 8 nitrogen and oxygen atoms in total. The molecule has 4 aromatic rings. The van der Waals surface area contributed by atoms with E-state index >= 15 is 0 Å². The van der Waals surface area contributed by atoms with Crippen molar-refractivity contribution in [2.75, 3.05) is 18.9 Å². The summed E-state index contributed by atoms with van der Waals surface area (Å²) in [5, 5.41) is 18.5. The highest BCUT2D eigenvalue weighted by molar-refractivity contribution is 7.99. The molecule has 0 saturated carbocycles. The van der Waals surface area contributed by atoms with Gasteiger partial charge in [0.25, 0.3) is 5.91 Å². The van der Waals surface area contributed by atoms with Crippen LogP contribution in [0.5, 0.6) is 5.75 Å². The second-order valence-corrected chi connectivity index (χ2v) is 8.17. The molecule has 164 valence electrons. The number of amides is 1. The number of nitrogens with one attached hydrogen (secondary N) is 1. The van der Waals surface area contributed by atoms with Gasteiger partial charge in [0, 0.05) is 17.9 Å². The van der Waals surface area contributed by atoms with Crippen LogP contribution in [0.2, 0.25) is 0 Å². The Bertz CT molecular complexity index is 1180. The molecule has 0 bridgehead atoms. The Morgan fingerprint density at radius 1 is 1.06 bits per heavy atom. The number of aromatic nitrogens is 4. The molecule has 1 amide bonds. The number of hydrogen-bond acceptors (Lipinski definition) is 7. The number of benzene rings is 3. The summed E-state index contributed by atoms with van der Waals surface area (Å²) < 4.78 is 7.39. The van der Waals surface area contributed by atoms with Crippen molar-refractivity contribution in [2.45, 2.75) is 18.1 Å². The van der Waals surface area contributed by atoms with Gasteiger partial charge in [0.15, 0.2) is 6.61 Å². The Morgan fingerprint density at radius 3 is 2.72 bits per heavy atom. The molecule has 4 rings (SSSR count). The lowest BCUT2D eigenvalue weighted by atomic mass is 10.0. The minimum Gasteiger partial charge on any atom is -0.483 e. The van der Waals surface area contributed by atoms with Crippen LogP contribution in [0.15, 0.2) is 71.9 Å². The molecule has 0 unspecified atom stereocenters. The van der Waals surface area contributed by atoms with Gasteiger partial charge in [-0.15, -0.1) is 5.10 Å². The summed E-state index contributed by atoms with van der Waals surface area (Å²) in [7, 11) is 0. The molecule has 0 aliphatic heterocycles. The van der Waals surface area contributed by atoms with Crippen molar-refractivity contribution in [1.29, 1.82) is 0 Å². The smallest absolute Gasteiger partial charge is 0.255 e. The number of tetrazole rings is 1. The van der Waals surface area contributed by atoms with E-state index in [-0.39, 0.29) is 6.61 Å². The monoisotopic (exact) mass is 448 g/mol. The molecule has 0 radical (unpaired) electrons. The highest BCUT2D eigenvalue weighted by Gasteiger charge is 2.11. The molecule has 32 heavy (non-hydrogen) atoms. The largest absolute Gasteiger partial charge is 0.483 e. The molecule has 0 aliphatic carbocycles. The van der Waals surface area contributed by atoms with E-state index in [1.165, 1.54) is 0 Å². The Kier molecular flexibility index (Phi) is 7.31. The number of carbonyl (C=O) groups excluding carboxylic acids is 1. The number of para-hydroxylation sites is 1. The molecule has 0 saturated heterocycles. The second kappa shape index (κ2) is 10.7. The number of carbonyl (C=O) groups is 1. The highest BCUT2D eigenvalue weighted by Crippen LogP contribution is 2.28. The molecule has 0 fully saturated rings. The van der Waals surface area contributed by atoms with Gasteiger partial charge in [-0.05, 0) is 52.4 Å². The lowest BCUT2D eigenvalue weighted by molar-refractivity contribution is -0.119. The van der Waals surface area contributed by atoms with Crippen LogP contribution in [0.25, 0.3) is 16.5 Å². The number of primary amides is 1. The van der Waals surface area contributed by atoms with Gasteiger partial charge in [0.05, 0.1) is 5.69 Å². The maximum Gasteiger partial charge on any atom is 0.255 e. The van der Waals surface area contributed by atoms with Crippen LogP contribution in [0.4, 0.5) is 0 Å². The first-order valence-corrected chi connectivity index (χ1v) is 11.3. The first-order valence-electron chi connectivity index (χ1n) is 10.3. The Labute approximate surface area is 190 Å². The third-order valence-corrected chi connectivity index (χ3v) is 5.85. The van der Waals surface area contributed by atoms with Gasteiger partial charge in [-0.1, -0.05) is 60.3 Å². The van der Waals surface area contributed by atoms with E-state index < -0.39 is 5.91 Å². The summed E-state index contributed by atoms with van der Waals surface area (Å²) in [6.07, 6.45) is 0.939. The van der Waals surface area contributed by atoms with E-state index in [9.17, 15) is 4.79 Å². The summed E-state index contributed by atoms with van der Waals surface area (Å²) in [6, 6.07) is 21.8. The highest BCUT2D eigenvalue weighted by atomic mass is 32.2. The molecule has 1 aromatic heterocycles. The molecular weight excluding hydrogens is 424 g/mol. The van der Waals surface area contributed by atoms with Crippen LogP contribution in [-0.2, 0) is 11.3 Å². The van der Waals surface area contributed by atoms with Gasteiger partial charge in [0.1, 0.15) is 5.75 Å². The van der Waals surface area contributed by atoms with Crippen LogP contribution in [0.3, 0.4) is 0 Å². The average molecular weight is 449 g/mol. The molecule has 0 aliphatic rings. The number of rotatable bonds is 11. The average Bonchev–Trinajstić information content (AvgIpc) is 3.29. The van der Waals surface area contributed by atoms with Crippen molar-refractivity contribution in [2.24, 2.45) is 5.73 Å². The van der Waals surface area contributed by atoms with Crippen LogP contribution in [0.1, 0.15) is 12.0 Å². The zero-order valence-corrected chi connectivity index (χ0v) is 18.3. The molecule has 3 aromatic carbocycles. The Morgan fingerprint density at radius 2 is 1.88 bits per heavy atom.